The molecule has 5 heteroatoms. The van der Waals surface area contributed by atoms with E-state index < -0.39 is 17.5 Å². The second-order valence-electron chi connectivity index (χ2n) is 4.66. The first-order chi connectivity index (χ1) is 8.94. The van der Waals surface area contributed by atoms with E-state index in [2.05, 4.69) is 0 Å². The molecule has 0 aliphatic rings. The fraction of sp³-hybridized carbons (Fsp3) is 0.429. The SMILES string of the molecule is CC(Cl)C(=O)N(Cc1ccccc1)C(C)(C=O)CO. The maximum Gasteiger partial charge on any atom is 0.241 e. The van der Waals surface area contributed by atoms with Crippen molar-refractivity contribution >= 4 is 23.8 Å². The van der Waals surface area contributed by atoms with Gasteiger partial charge in [-0.2, -0.15) is 0 Å². The Morgan fingerprint density at radius 3 is 2.47 bits per heavy atom. The molecule has 0 spiro atoms. The number of carbonyl (C=O) groups excluding carboxylic acids is 2. The van der Waals surface area contributed by atoms with Crippen molar-refractivity contribution in [2.24, 2.45) is 0 Å². The van der Waals surface area contributed by atoms with Crippen molar-refractivity contribution in [1.29, 1.82) is 0 Å². The van der Waals surface area contributed by atoms with Gasteiger partial charge in [-0.15, -0.1) is 11.6 Å². The largest absolute Gasteiger partial charge is 0.393 e. The van der Waals surface area contributed by atoms with Gasteiger partial charge in [0.05, 0.1) is 6.61 Å². The summed E-state index contributed by atoms with van der Waals surface area (Å²) in [5.74, 6) is -0.380. The van der Waals surface area contributed by atoms with E-state index in [1.165, 1.54) is 11.8 Å². The van der Waals surface area contributed by atoms with Gasteiger partial charge in [-0.3, -0.25) is 4.79 Å². The van der Waals surface area contributed by atoms with Gasteiger partial charge in [-0.25, -0.2) is 0 Å². The number of rotatable bonds is 6. The van der Waals surface area contributed by atoms with Crippen molar-refractivity contribution in [3.63, 3.8) is 0 Å². The van der Waals surface area contributed by atoms with Gasteiger partial charge in [-0.05, 0) is 19.4 Å². The minimum Gasteiger partial charge on any atom is -0.393 e. The molecular formula is C14H18ClNO3. The van der Waals surface area contributed by atoms with E-state index >= 15 is 0 Å². The second-order valence-corrected chi connectivity index (χ2v) is 5.31. The summed E-state index contributed by atoms with van der Waals surface area (Å²) >= 11 is 5.82. The highest BCUT2D eigenvalue weighted by Crippen LogP contribution is 2.19. The molecule has 1 aromatic rings. The minimum absolute atomic E-state index is 0.229. The molecule has 0 aliphatic heterocycles. The van der Waals surface area contributed by atoms with E-state index in [-0.39, 0.29) is 12.5 Å². The Morgan fingerprint density at radius 1 is 1.47 bits per heavy atom. The number of halogens is 1. The molecule has 0 aliphatic carbocycles. The van der Waals surface area contributed by atoms with E-state index in [0.29, 0.717) is 6.29 Å². The average Bonchev–Trinajstić information content (AvgIpc) is 2.44. The first-order valence-electron chi connectivity index (χ1n) is 6.01. The van der Waals surface area contributed by atoms with Crippen LogP contribution in [0, 0.1) is 0 Å². The van der Waals surface area contributed by atoms with E-state index in [1.807, 2.05) is 30.3 Å². The highest BCUT2D eigenvalue weighted by atomic mass is 35.5. The van der Waals surface area contributed by atoms with Crippen molar-refractivity contribution in [2.75, 3.05) is 6.61 Å². The zero-order chi connectivity index (χ0) is 14.5. The lowest BCUT2D eigenvalue weighted by Crippen LogP contribution is -2.54. The lowest BCUT2D eigenvalue weighted by molar-refractivity contribution is -0.143. The van der Waals surface area contributed by atoms with Crippen LogP contribution in [0.2, 0.25) is 0 Å². The number of aliphatic hydroxyl groups excluding tert-OH is 1. The second kappa shape index (κ2) is 6.68. The fourth-order valence-electron chi connectivity index (χ4n) is 1.68. The van der Waals surface area contributed by atoms with E-state index in [1.54, 1.807) is 6.92 Å². The Hall–Kier alpha value is -1.39. The van der Waals surface area contributed by atoms with Crippen LogP contribution in [0.25, 0.3) is 0 Å². The lowest BCUT2D eigenvalue weighted by atomic mass is 10.0. The quantitative estimate of drug-likeness (QED) is 0.637. The highest BCUT2D eigenvalue weighted by Gasteiger charge is 2.36. The number of aliphatic hydroxyl groups is 1. The first kappa shape index (κ1) is 15.7. The van der Waals surface area contributed by atoms with Crippen LogP contribution in [0.1, 0.15) is 19.4 Å². The lowest BCUT2D eigenvalue weighted by Gasteiger charge is -2.36. The monoisotopic (exact) mass is 283 g/mol. The fourth-order valence-corrected chi connectivity index (χ4v) is 1.80. The molecule has 1 rings (SSSR count). The zero-order valence-corrected chi connectivity index (χ0v) is 11.8. The third-order valence-corrected chi connectivity index (χ3v) is 3.17. The Bertz CT molecular complexity index is 436. The summed E-state index contributed by atoms with van der Waals surface area (Å²) < 4.78 is 0. The number of amides is 1. The molecule has 0 saturated carbocycles. The van der Waals surface area contributed by atoms with E-state index in [4.69, 9.17) is 11.6 Å². The molecule has 0 heterocycles. The van der Waals surface area contributed by atoms with Gasteiger partial charge in [0.25, 0.3) is 0 Å². The van der Waals surface area contributed by atoms with E-state index in [0.717, 1.165) is 5.56 Å². The summed E-state index contributed by atoms with van der Waals surface area (Å²) in [7, 11) is 0. The molecule has 4 nitrogen and oxygen atoms in total. The smallest absolute Gasteiger partial charge is 0.241 e. The standard InChI is InChI=1S/C14H18ClNO3/c1-11(15)13(19)16(14(2,9-17)10-18)8-12-6-4-3-5-7-12/h3-7,9,11,18H,8,10H2,1-2H3. The summed E-state index contributed by atoms with van der Waals surface area (Å²) in [5.41, 5.74) is -0.398. The van der Waals surface area contributed by atoms with E-state index in [9.17, 15) is 14.7 Å². The topological polar surface area (TPSA) is 57.6 Å². The normalized spacial score (nSPS) is 15.4. The summed E-state index contributed by atoms with van der Waals surface area (Å²) in [6.45, 7) is 2.84. The molecule has 2 unspecified atom stereocenters. The molecule has 104 valence electrons. The summed E-state index contributed by atoms with van der Waals surface area (Å²) in [6.07, 6.45) is 0.576. The van der Waals surface area contributed by atoms with Crippen molar-refractivity contribution in [3.8, 4) is 0 Å². The van der Waals surface area contributed by atoms with Crippen LogP contribution >= 0.6 is 11.6 Å². The number of hydrogen-bond acceptors (Lipinski definition) is 3. The maximum atomic E-state index is 12.1. The molecule has 0 saturated heterocycles. The van der Waals surface area contributed by atoms with Crippen LogP contribution < -0.4 is 0 Å². The van der Waals surface area contributed by atoms with Gasteiger partial charge in [0.15, 0.2) is 0 Å². The van der Waals surface area contributed by atoms with Gasteiger partial charge >= 0.3 is 0 Å². The summed E-state index contributed by atoms with van der Waals surface area (Å²) in [4.78, 5) is 24.7. The van der Waals surface area contributed by atoms with Crippen LogP contribution in [-0.4, -0.2) is 39.7 Å². The Morgan fingerprint density at radius 2 is 2.05 bits per heavy atom. The summed E-state index contributed by atoms with van der Waals surface area (Å²) in [5, 5.41) is 8.64. The molecule has 2 atom stereocenters. The predicted molar refractivity (Wildman–Crippen MR) is 73.9 cm³/mol. The molecule has 1 N–H and O–H groups in total. The number of benzene rings is 1. The van der Waals surface area contributed by atoms with Gasteiger partial charge in [0.1, 0.15) is 17.2 Å². The zero-order valence-electron chi connectivity index (χ0n) is 11.0. The molecule has 0 fully saturated rings. The number of alkyl halides is 1. The molecule has 1 amide bonds. The third-order valence-electron chi connectivity index (χ3n) is 2.98. The van der Waals surface area contributed by atoms with Crippen molar-refractivity contribution < 1.29 is 14.7 Å². The van der Waals surface area contributed by atoms with Crippen LogP contribution in [0.3, 0.4) is 0 Å². The Labute approximate surface area is 118 Å². The number of aldehydes is 1. The maximum absolute atomic E-state index is 12.1. The molecule has 0 aromatic heterocycles. The van der Waals surface area contributed by atoms with Gasteiger partial charge in [-0.1, -0.05) is 30.3 Å². The number of carbonyl (C=O) groups is 2. The number of hydrogen-bond donors (Lipinski definition) is 1. The van der Waals surface area contributed by atoms with Crippen molar-refractivity contribution in [2.45, 2.75) is 31.3 Å². The van der Waals surface area contributed by atoms with Crippen LogP contribution in [0.15, 0.2) is 30.3 Å². The van der Waals surface area contributed by atoms with Gasteiger partial charge in [0.2, 0.25) is 5.91 Å². The van der Waals surface area contributed by atoms with Crippen LogP contribution in [0.4, 0.5) is 0 Å². The van der Waals surface area contributed by atoms with Crippen molar-refractivity contribution in [1.82, 2.24) is 4.90 Å². The van der Waals surface area contributed by atoms with Gasteiger partial charge < -0.3 is 14.8 Å². The predicted octanol–water partition coefficient (Wildman–Crippen LogP) is 1.59. The highest BCUT2D eigenvalue weighted by molar-refractivity contribution is 6.30. The number of nitrogens with zero attached hydrogens (tertiary/aromatic N) is 1. The molecule has 0 bridgehead atoms. The third kappa shape index (κ3) is 3.78. The molecular weight excluding hydrogens is 266 g/mol. The molecule has 1 aromatic carbocycles. The first-order valence-corrected chi connectivity index (χ1v) is 6.45. The Kier molecular flexibility index (Phi) is 5.51. The molecule has 0 radical (unpaired) electrons. The van der Waals surface area contributed by atoms with Crippen LogP contribution in [0.5, 0.6) is 0 Å². The Balaban J connectivity index is 3.06. The summed E-state index contributed by atoms with van der Waals surface area (Å²) in [6, 6.07) is 9.26. The minimum atomic E-state index is -1.27. The average molecular weight is 284 g/mol. The van der Waals surface area contributed by atoms with Crippen molar-refractivity contribution in [3.05, 3.63) is 35.9 Å². The van der Waals surface area contributed by atoms with Gasteiger partial charge in [0, 0.05) is 6.54 Å². The molecule has 19 heavy (non-hydrogen) atoms. The van der Waals surface area contributed by atoms with Crippen LogP contribution in [-0.2, 0) is 16.1 Å².